The topological polar surface area (TPSA) is 50.4 Å². The van der Waals surface area contributed by atoms with E-state index in [0.29, 0.717) is 19.5 Å². The molecule has 1 amide bonds. The molecule has 0 unspecified atom stereocenters. The monoisotopic (exact) mass is 362 g/mol. The summed E-state index contributed by atoms with van der Waals surface area (Å²) in [6, 6.07) is 15.5. The van der Waals surface area contributed by atoms with Crippen molar-refractivity contribution in [3.8, 4) is 5.75 Å². The lowest BCUT2D eigenvalue weighted by atomic mass is 10.2. The molecule has 0 saturated heterocycles. The van der Waals surface area contributed by atoms with E-state index in [1.807, 2.05) is 48.5 Å². The number of rotatable bonds is 7. The number of ether oxygens (including phenoxy) is 1. The Balaban J connectivity index is 1.69. The maximum Gasteiger partial charge on any atom is 0.222 e. The predicted octanol–water partition coefficient (Wildman–Crippen LogP) is 3.58. The third kappa shape index (κ3) is 5.41. The van der Waals surface area contributed by atoms with Crippen LogP contribution in [-0.4, -0.2) is 19.6 Å². The number of amides is 1. The van der Waals surface area contributed by atoms with Crippen LogP contribution in [0.3, 0.4) is 0 Å². The molecule has 116 valence electrons. The molecule has 0 fully saturated rings. The van der Waals surface area contributed by atoms with Gasteiger partial charge in [-0.2, -0.15) is 0 Å². The van der Waals surface area contributed by atoms with Gasteiger partial charge in [-0.15, -0.1) is 0 Å². The van der Waals surface area contributed by atoms with Crippen LogP contribution in [-0.2, 0) is 11.3 Å². The van der Waals surface area contributed by atoms with Gasteiger partial charge in [-0.3, -0.25) is 4.79 Å². The Morgan fingerprint density at radius 1 is 1.18 bits per heavy atom. The number of hydrogen-bond acceptors (Lipinski definition) is 3. The molecule has 0 aromatic heterocycles. The second kappa shape index (κ2) is 8.44. The van der Waals surface area contributed by atoms with Gasteiger partial charge in [0.2, 0.25) is 5.91 Å². The molecule has 0 atom stereocenters. The fraction of sp³-hybridized carbons (Fsp3) is 0.235. The molecule has 0 saturated carbocycles. The van der Waals surface area contributed by atoms with E-state index >= 15 is 0 Å². The molecule has 0 spiro atoms. The number of methoxy groups -OCH3 is 1. The third-order valence-corrected chi connectivity index (χ3v) is 3.65. The van der Waals surface area contributed by atoms with Gasteiger partial charge in [-0.25, -0.2) is 0 Å². The Morgan fingerprint density at radius 2 is 1.95 bits per heavy atom. The summed E-state index contributed by atoms with van der Waals surface area (Å²) in [6.07, 6.45) is 0.433. The van der Waals surface area contributed by atoms with E-state index < -0.39 is 0 Å². The first-order chi connectivity index (χ1) is 10.7. The molecule has 0 heterocycles. The van der Waals surface area contributed by atoms with Gasteiger partial charge in [-0.1, -0.05) is 34.1 Å². The van der Waals surface area contributed by atoms with Gasteiger partial charge in [0.15, 0.2) is 0 Å². The van der Waals surface area contributed by atoms with Crippen molar-refractivity contribution in [3.05, 3.63) is 58.6 Å². The molecule has 2 aromatic carbocycles. The Hall–Kier alpha value is -2.01. The van der Waals surface area contributed by atoms with E-state index in [4.69, 9.17) is 4.74 Å². The van der Waals surface area contributed by atoms with Gasteiger partial charge < -0.3 is 15.4 Å². The van der Waals surface area contributed by atoms with Crippen LogP contribution in [0.4, 0.5) is 5.69 Å². The predicted molar refractivity (Wildman–Crippen MR) is 92.1 cm³/mol. The largest absolute Gasteiger partial charge is 0.497 e. The molecule has 0 bridgehead atoms. The summed E-state index contributed by atoms with van der Waals surface area (Å²) < 4.78 is 6.11. The summed E-state index contributed by atoms with van der Waals surface area (Å²) in [5, 5.41) is 6.13. The van der Waals surface area contributed by atoms with Gasteiger partial charge >= 0.3 is 0 Å². The minimum Gasteiger partial charge on any atom is -0.497 e. The zero-order valence-electron chi connectivity index (χ0n) is 12.4. The molecule has 0 aliphatic rings. The van der Waals surface area contributed by atoms with Crippen molar-refractivity contribution < 1.29 is 9.53 Å². The summed E-state index contributed by atoms with van der Waals surface area (Å²) in [5.41, 5.74) is 2.05. The lowest BCUT2D eigenvalue weighted by Crippen LogP contribution is -2.24. The number of halogens is 1. The summed E-state index contributed by atoms with van der Waals surface area (Å²) >= 11 is 3.42. The van der Waals surface area contributed by atoms with E-state index in [1.54, 1.807) is 7.11 Å². The standard InChI is InChI=1S/C17H19BrN2O2/c1-22-16-7-5-13(6-8-16)12-20-17(21)9-10-19-15-4-2-3-14(18)11-15/h2-8,11,19H,9-10,12H2,1H3,(H,20,21). The Labute approximate surface area is 139 Å². The van der Waals surface area contributed by atoms with Crippen LogP contribution in [0.5, 0.6) is 5.75 Å². The molecular formula is C17H19BrN2O2. The fourth-order valence-corrected chi connectivity index (χ4v) is 2.35. The molecule has 2 rings (SSSR count). The van der Waals surface area contributed by atoms with Gasteiger partial charge in [0.1, 0.15) is 5.75 Å². The minimum atomic E-state index is 0.0262. The maximum atomic E-state index is 11.8. The van der Waals surface area contributed by atoms with Gasteiger partial charge in [-0.05, 0) is 35.9 Å². The smallest absolute Gasteiger partial charge is 0.222 e. The van der Waals surface area contributed by atoms with Crippen molar-refractivity contribution in [3.63, 3.8) is 0 Å². The van der Waals surface area contributed by atoms with E-state index in [0.717, 1.165) is 21.5 Å². The summed E-state index contributed by atoms with van der Waals surface area (Å²) in [4.78, 5) is 11.8. The van der Waals surface area contributed by atoms with Crippen LogP contribution >= 0.6 is 15.9 Å². The highest BCUT2D eigenvalue weighted by molar-refractivity contribution is 9.10. The zero-order chi connectivity index (χ0) is 15.8. The molecule has 4 nitrogen and oxygen atoms in total. The van der Waals surface area contributed by atoms with Crippen molar-refractivity contribution in [2.75, 3.05) is 19.0 Å². The lowest BCUT2D eigenvalue weighted by Gasteiger charge is -2.08. The molecule has 2 aromatic rings. The minimum absolute atomic E-state index is 0.0262. The average molecular weight is 363 g/mol. The highest BCUT2D eigenvalue weighted by Gasteiger charge is 2.02. The first-order valence-electron chi connectivity index (χ1n) is 7.06. The SMILES string of the molecule is COc1ccc(CNC(=O)CCNc2cccc(Br)c2)cc1. The van der Waals surface area contributed by atoms with Crippen LogP contribution < -0.4 is 15.4 Å². The number of carbonyl (C=O) groups excluding carboxylic acids is 1. The summed E-state index contributed by atoms with van der Waals surface area (Å²) in [6.45, 7) is 1.13. The van der Waals surface area contributed by atoms with Crippen LogP contribution in [0, 0.1) is 0 Å². The first-order valence-corrected chi connectivity index (χ1v) is 7.86. The number of nitrogens with one attached hydrogen (secondary N) is 2. The molecule has 5 heteroatoms. The molecule has 0 aliphatic carbocycles. The molecule has 0 aliphatic heterocycles. The number of benzene rings is 2. The number of anilines is 1. The number of hydrogen-bond donors (Lipinski definition) is 2. The number of carbonyl (C=O) groups is 1. The van der Waals surface area contributed by atoms with Crippen LogP contribution in [0.1, 0.15) is 12.0 Å². The average Bonchev–Trinajstić information content (AvgIpc) is 2.53. The van der Waals surface area contributed by atoms with Crippen molar-refractivity contribution in [1.82, 2.24) is 5.32 Å². The maximum absolute atomic E-state index is 11.8. The van der Waals surface area contributed by atoms with Crippen molar-refractivity contribution in [2.24, 2.45) is 0 Å². The first kappa shape index (κ1) is 16.4. The molecule has 2 N–H and O–H groups in total. The Bertz CT molecular complexity index is 614. The van der Waals surface area contributed by atoms with Gasteiger partial charge in [0.05, 0.1) is 7.11 Å². The normalized spacial score (nSPS) is 10.1. The highest BCUT2D eigenvalue weighted by Crippen LogP contribution is 2.15. The quantitative estimate of drug-likeness (QED) is 0.791. The van der Waals surface area contributed by atoms with Crippen LogP contribution in [0.15, 0.2) is 53.0 Å². The summed E-state index contributed by atoms with van der Waals surface area (Å²) in [5.74, 6) is 0.839. The van der Waals surface area contributed by atoms with Crippen LogP contribution in [0.25, 0.3) is 0 Å². The van der Waals surface area contributed by atoms with E-state index in [1.165, 1.54) is 0 Å². The molecular weight excluding hydrogens is 344 g/mol. The fourth-order valence-electron chi connectivity index (χ4n) is 1.95. The molecule has 22 heavy (non-hydrogen) atoms. The third-order valence-electron chi connectivity index (χ3n) is 3.15. The van der Waals surface area contributed by atoms with Crippen molar-refractivity contribution in [2.45, 2.75) is 13.0 Å². The van der Waals surface area contributed by atoms with E-state index in [2.05, 4.69) is 26.6 Å². The molecule has 0 radical (unpaired) electrons. The van der Waals surface area contributed by atoms with E-state index in [9.17, 15) is 4.79 Å². The van der Waals surface area contributed by atoms with Gasteiger partial charge in [0, 0.05) is 29.7 Å². The Kier molecular flexibility index (Phi) is 6.27. The van der Waals surface area contributed by atoms with Gasteiger partial charge in [0.25, 0.3) is 0 Å². The van der Waals surface area contributed by atoms with E-state index in [-0.39, 0.29) is 5.91 Å². The Morgan fingerprint density at radius 3 is 2.64 bits per heavy atom. The second-order valence-electron chi connectivity index (χ2n) is 4.81. The lowest BCUT2D eigenvalue weighted by molar-refractivity contribution is -0.121. The van der Waals surface area contributed by atoms with Crippen molar-refractivity contribution >= 4 is 27.5 Å². The highest BCUT2D eigenvalue weighted by atomic mass is 79.9. The van der Waals surface area contributed by atoms with Crippen molar-refractivity contribution in [1.29, 1.82) is 0 Å². The zero-order valence-corrected chi connectivity index (χ0v) is 14.0. The second-order valence-corrected chi connectivity index (χ2v) is 5.73. The summed E-state index contributed by atoms with van der Waals surface area (Å²) in [7, 11) is 1.63. The van der Waals surface area contributed by atoms with Crippen LogP contribution in [0.2, 0.25) is 0 Å².